The molecule has 8 heteroatoms. The summed E-state index contributed by atoms with van der Waals surface area (Å²) >= 11 is 0. The van der Waals surface area contributed by atoms with Gasteiger partial charge in [0.25, 0.3) is 0 Å². The number of guanidine groups is 1. The molecule has 0 aromatic carbocycles. The van der Waals surface area contributed by atoms with Gasteiger partial charge in [0.2, 0.25) is 5.88 Å². The van der Waals surface area contributed by atoms with Crippen LogP contribution >= 0.6 is 0 Å². The van der Waals surface area contributed by atoms with Crippen LogP contribution in [0.4, 0.5) is 4.79 Å². The maximum Gasteiger partial charge on any atom is 0.409 e. The summed E-state index contributed by atoms with van der Waals surface area (Å²) in [5.41, 5.74) is 1.07. The van der Waals surface area contributed by atoms with Gasteiger partial charge in [-0.25, -0.2) is 9.78 Å². The second-order valence-corrected chi connectivity index (χ2v) is 7.56. The van der Waals surface area contributed by atoms with Gasteiger partial charge in [0.1, 0.15) is 6.10 Å². The van der Waals surface area contributed by atoms with Crippen LogP contribution in [-0.4, -0.2) is 60.8 Å². The van der Waals surface area contributed by atoms with E-state index < -0.39 is 0 Å². The van der Waals surface area contributed by atoms with Crippen molar-refractivity contribution in [2.75, 3.05) is 26.7 Å². The standard InChI is InChI=1S/C21H33N5O3/c1-3-28-21(27)26-12-10-17(11-13-26)25-20(22-2)24-15-16-8-9-19(23-14-16)29-18-6-4-5-7-18/h8-9,14,17-18H,3-7,10-13,15H2,1-2H3,(H2,22,24,25). The fraction of sp³-hybridized carbons (Fsp3) is 0.667. The lowest BCUT2D eigenvalue weighted by Crippen LogP contribution is -2.49. The van der Waals surface area contributed by atoms with Gasteiger partial charge in [0.05, 0.1) is 6.61 Å². The van der Waals surface area contributed by atoms with Gasteiger partial charge in [-0.15, -0.1) is 0 Å². The number of piperidine rings is 1. The Morgan fingerprint density at radius 1 is 1.24 bits per heavy atom. The Morgan fingerprint density at radius 2 is 2.00 bits per heavy atom. The molecule has 8 nitrogen and oxygen atoms in total. The maximum atomic E-state index is 11.8. The number of aromatic nitrogens is 1. The largest absolute Gasteiger partial charge is 0.474 e. The third-order valence-electron chi connectivity index (χ3n) is 5.43. The maximum absolute atomic E-state index is 11.8. The molecule has 0 bridgehead atoms. The van der Waals surface area contributed by atoms with Gasteiger partial charge in [-0.2, -0.15) is 0 Å². The third kappa shape index (κ3) is 6.51. The van der Waals surface area contributed by atoms with E-state index in [0.717, 1.165) is 37.2 Å². The fourth-order valence-corrected chi connectivity index (χ4v) is 3.76. The molecule has 3 rings (SSSR count). The van der Waals surface area contributed by atoms with Crippen LogP contribution in [0.3, 0.4) is 0 Å². The Balaban J connectivity index is 1.39. The van der Waals surface area contributed by atoms with E-state index in [0.29, 0.717) is 38.2 Å². The van der Waals surface area contributed by atoms with Crippen LogP contribution in [0.1, 0.15) is 51.0 Å². The number of hydrogen-bond acceptors (Lipinski definition) is 5. The van der Waals surface area contributed by atoms with E-state index in [-0.39, 0.29) is 12.1 Å². The molecule has 1 saturated heterocycles. The van der Waals surface area contributed by atoms with Gasteiger partial charge in [-0.05, 0) is 51.0 Å². The Kier molecular flexibility index (Phi) is 7.95. The number of hydrogen-bond donors (Lipinski definition) is 2. The summed E-state index contributed by atoms with van der Waals surface area (Å²) in [4.78, 5) is 22.3. The molecule has 1 saturated carbocycles. The van der Waals surface area contributed by atoms with Crippen molar-refractivity contribution in [3.05, 3.63) is 23.9 Å². The molecule has 0 radical (unpaired) electrons. The summed E-state index contributed by atoms with van der Waals surface area (Å²) < 4.78 is 11.0. The van der Waals surface area contributed by atoms with Crippen LogP contribution in [0, 0.1) is 0 Å². The predicted octanol–water partition coefficient (Wildman–Crippen LogP) is 2.69. The minimum atomic E-state index is -0.221. The zero-order chi connectivity index (χ0) is 20.5. The monoisotopic (exact) mass is 403 g/mol. The molecule has 0 atom stereocenters. The number of likely N-dealkylation sites (tertiary alicyclic amines) is 1. The zero-order valence-corrected chi connectivity index (χ0v) is 17.5. The van der Waals surface area contributed by atoms with E-state index in [1.165, 1.54) is 12.8 Å². The van der Waals surface area contributed by atoms with E-state index in [1.807, 2.05) is 25.3 Å². The van der Waals surface area contributed by atoms with Crippen molar-refractivity contribution in [1.29, 1.82) is 0 Å². The smallest absolute Gasteiger partial charge is 0.409 e. The first-order valence-corrected chi connectivity index (χ1v) is 10.7. The van der Waals surface area contributed by atoms with Gasteiger partial charge in [0.15, 0.2) is 5.96 Å². The zero-order valence-electron chi connectivity index (χ0n) is 17.5. The normalized spacial score (nSPS) is 18.6. The van der Waals surface area contributed by atoms with Crippen LogP contribution in [-0.2, 0) is 11.3 Å². The molecule has 1 amide bonds. The Morgan fingerprint density at radius 3 is 2.62 bits per heavy atom. The Bertz CT molecular complexity index is 665. The third-order valence-corrected chi connectivity index (χ3v) is 5.43. The Labute approximate surface area is 173 Å². The second kappa shape index (κ2) is 10.9. The van der Waals surface area contributed by atoms with Crippen molar-refractivity contribution in [3.63, 3.8) is 0 Å². The highest BCUT2D eigenvalue weighted by molar-refractivity contribution is 5.80. The average Bonchev–Trinajstić information content (AvgIpc) is 3.26. The molecule has 1 aromatic heterocycles. The van der Waals surface area contributed by atoms with Crippen molar-refractivity contribution in [1.82, 2.24) is 20.5 Å². The molecule has 2 N–H and O–H groups in total. The van der Waals surface area contributed by atoms with Gasteiger partial charge < -0.3 is 25.0 Å². The molecule has 0 spiro atoms. The van der Waals surface area contributed by atoms with Crippen LogP contribution in [0.25, 0.3) is 0 Å². The molecule has 1 aliphatic carbocycles. The summed E-state index contributed by atoms with van der Waals surface area (Å²) in [5.74, 6) is 1.46. The molecular formula is C21H33N5O3. The first-order chi connectivity index (χ1) is 14.2. The molecule has 29 heavy (non-hydrogen) atoms. The minimum absolute atomic E-state index is 0.221. The van der Waals surface area contributed by atoms with Crippen molar-refractivity contribution < 1.29 is 14.3 Å². The van der Waals surface area contributed by atoms with Crippen LogP contribution in [0.2, 0.25) is 0 Å². The lowest BCUT2D eigenvalue weighted by molar-refractivity contribution is 0.0963. The number of nitrogens with zero attached hydrogens (tertiary/aromatic N) is 3. The van der Waals surface area contributed by atoms with Crippen molar-refractivity contribution >= 4 is 12.1 Å². The van der Waals surface area contributed by atoms with E-state index >= 15 is 0 Å². The number of rotatable bonds is 6. The predicted molar refractivity (Wildman–Crippen MR) is 112 cm³/mol. The van der Waals surface area contributed by atoms with Crippen molar-refractivity contribution in [2.45, 2.75) is 64.1 Å². The van der Waals surface area contributed by atoms with Gasteiger partial charge in [0, 0.05) is 45.0 Å². The second-order valence-electron chi connectivity index (χ2n) is 7.56. The van der Waals surface area contributed by atoms with Gasteiger partial charge in [-0.1, -0.05) is 6.07 Å². The molecule has 0 unspecified atom stereocenters. The fourth-order valence-electron chi connectivity index (χ4n) is 3.76. The summed E-state index contributed by atoms with van der Waals surface area (Å²) in [6.07, 6.45) is 8.45. The van der Waals surface area contributed by atoms with E-state index in [4.69, 9.17) is 9.47 Å². The number of pyridine rings is 1. The summed E-state index contributed by atoms with van der Waals surface area (Å²) in [7, 11) is 1.76. The van der Waals surface area contributed by atoms with Gasteiger partial charge in [-0.3, -0.25) is 4.99 Å². The highest BCUT2D eigenvalue weighted by atomic mass is 16.6. The number of carbonyl (C=O) groups is 1. The highest BCUT2D eigenvalue weighted by Gasteiger charge is 2.24. The quantitative estimate of drug-likeness (QED) is 0.561. The lowest BCUT2D eigenvalue weighted by Gasteiger charge is -2.32. The first kappa shape index (κ1) is 21.2. The van der Waals surface area contributed by atoms with Crippen LogP contribution in [0.5, 0.6) is 5.88 Å². The van der Waals surface area contributed by atoms with Crippen LogP contribution < -0.4 is 15.4 Å². The number of carbonyl (C=O) groups excluding carboxylic acids is 1. The van der Waals surface area contributed by atoms with Gasteiger partial charge >= 0.3 is 6.09 Å². The van der Waals surface area contributed by atoms with E-state index in [1.54, 1.807) is 11.9 Å². The number of aliphatic imine (C=N–C) groups is 1. The molecule has 2 aliphatic rings. The number of amides is 1. The summed E-state index contributed by atoms with van der Waals surface area (Å²) in [5, 5.41) is 6.77. The average molecular weight is 404 g/mol. The SMILES string of the molecule is CCOC(=O)N1CCC(NC(=NC)NCc2ccc(OC3CCCC3)nc2)CC1. The molecular weight excluding hydrogens is 370 g/mol. The molecule has 2 heterocycles. The molecule has 1 aromatic rings. The highest BCUT2D eigenvalue weighted by Crippen LogP contribution is 2.22. The van der Waals surface area contributed by atoms with Crippen molar-refractivity contribution in [2.24, 2.45) is 4.99 Å². The topological polar surface area (TPSA) is 88.1 Å². The summed E-state index contributed by atoms with van der Waals surface area (Å²) in [6.45, 7) is 4.27. The Hall–Kier alpha value is -2.51. The van der Waals surface area contributed by atoms with E-state index in [9.17, 15) is 4.79 Å². The minimum Gasteiger partial charge on any atom is -0.474 e. The number of nitrogens with one attached hydrogen (secondary N) is 2. The first-order valence-electron chi connectivity index (χ1n) is 10.7. The molecule has 2 fully saturated rings. The molecule has 160 valence electrons. The number of ether oxygens (including phenoxy) is 2. The van der Waals surface area contributed by atoms with Crippen molar-refractivity contribution in [3.8, 4) is 5.88 Å². The molecule has 1 aliphatic heterocycles. The van der Waals surface area contributed by atoms with E-state index in [2.05, 4.69) is 20.6 Å². The summed E-state index contributed by atoms with van der Waals surface area (Å²) in [6, 6.07) is 4.26. The van der Waals surface area contributed by atoms with Crippen LogP contribution in [0.15, 0.2) is 23.3 Å². The lowest BCUT2D eigenvalue weighted by atomic mass is 10.1.